The van der Waals surface area contributed by atoms with Crippen LogP contribution in [-0.4, -0.2) is 19.5 Å². The standard InChI is InChI=1S/C21H21S.6FH.Sb/c1-16-14-17(2)21(18(3)15-16)22(19-10-6-4-7-11-19)20-12-8-5-9-13-20;;;;;;;/h4-15H,1-3H3;6*1H;/q+1;;;;;;;+5/p-6. The maximum atomic E-state index is 9.93. The zero-order valence-electron chi connectivity index (χ0n) is 16.1. The van der Waals surface area contributed by atoms with Gasteiger partial charge in [-0.1, -0.05) is 54.1 Å². The molecule has 0 aliphatic rings. The van der Waals surface area contributed by atoms with Gasteiger partial charge in [0.1, 0.15) is 0 Å². The van der Waals surface area contributed by atoms with Crippen LogP contribution in [0.1, 0.15) is 16.7 Å². The Morgan fingerprint density at radius 1 is 0.586 bits per heavy atom. The van der Waals surface area contributed by atoms with E-state index in [9.17, 15) is 16.9 Å². The van der Waals surface area contributed by atoms with E-state index in [0.29, 0.717) is 0 Å². The van der Waals surface area contributed by atoms with Crippen molar-refractivity contribution in [1.82, 2.24) is 0 Å². The number of hydrogen-bond acceptors (Lipinski definition) is 0. The average molecular weight is 541 g/mol. The normalized spacial score (nSPS) is 13.9. The molecule has 0 saturated carbocycles. The molecule has 0 atom stereocenters. The summed E-state index contributed by atoms with van der Waals surface area (Å²) >= 11 is -11.2. The van der Waals surface area contributed by atoms with E-state index in [2.05, 4.69) is 93.6 Å². The third-order valence-corrected chi connectivity index (χ3v) is 6.31. The van der Waals surface area contributed by atoms with Gasteiger partial charge in [0.2, 0.25) is 0 Å². The van der Waals surface area contributed by atoms with Crippen LogP contribution in [0.2, 0.25) is 0 Å². The van der Waals surface area contributed by atoms with Gasteiger partial charge in [0.25, 0.3) is 0 Å². The van der Waals surface area contributed by atoms with Crippen molar-refractivity contribution in [3.63, 3.8) is 0 Å². The quantitative estimate of drug-likeness (QED) is 0.180. The summed E-state index contributed by atoms with van der Waals surface area (Å²) < 4.78 is 59.6. The zero-order chi connectivity index (χ0) is 21.9. The second-order valence-electron chi connectivity index (χ2n) is 6.62. The molecule has 0 N–H and O–H groups in total. The topological polar surface area (TPSA) is 0 Å². The van der Waals surface area contributed by atoms with E-state index < -0.39 is 19.5 Å². The summed E-state index contributed by atoms with van der Waals surface area (Å²) in [7, 11) is -0.0460. The van der Waals surface area contributed by atoms with Crippen LogP contribution in [0.5, 0.6) is 0 Å². The van der Waals surface area contributed by atoms with Gasteiger partial charge in [-0.05, 0) is 45.0 Å². The fourth-order valence-corrected chi connectivity index (χ4v) is 5.34. The van der Waals surface area contributed by atoms with Crippen molar-refractivity contribution >= 4 is 30.4 Å². The first kappa shape index (κ1) is 23.7. The minimum atomic E-state index is -11.2. The van der Waals surface area contributed by atoms with E-state index in [4.69, 9.17) is 0 Å². The van der Waals surface area contributed by atoms with Gasteiger partial charge in [0, 0.05) is 11.1 Å². The number of benzene rings is 3. The van der Waals surface area contributed by atoms with Crippen molar-refractivity contribution < 1.29 is 16.9 Å². The molecule has 158 valence electrons. The third-order valence-electron chi connectivity index (χ3n) is 3.77. The molecule has 0 aliphatic carbocycles. The second-order valence-corrected chi connectivity index (χ2v) is 14.1. The number of hydrogen-bond donors (Lipinski definition) is 0. The van der Waals surface area contributed by atoms with Crippen molar-refractivity contribution in [2.24, 2.45) is 0 Å². The number of rotatable bonds is 3. The molecule has 0 aliphatic heterocycles. The van der Waals surface area contributed by atoms with Gasteiger partial charge in [-0.2, -0.15) is 0 Å². The molecule has 0 unspecified atom stereocenters. The Labute approximate surface area is 171 Å². The molecular formula is C21H21F6SSb. The van der Waals surface area contributed by atoms with Crippen molar-refractivity contribution in [3.05, 3.63) is 89.5 Å². The first-order valence-electron chi connectivity index (χ1n) is 8.60. The summed E-state index contributed by atoms with van der Waals surface area (Å²) in [6, 6.07) is 26.3. The van der Waals surface area contributed by atoms with Crippen molar-refractivity contribution in [3.8, 4) is 0 Å². The molecule has 0 nitrogen and oxygen atoms in total. The van der Waals surface area contributed by atoms with Gasteiger partial charge in [-0.3, -0.25) is 0 Å². The molecule has 3 aromatic carbocycles. The molecule has 0 fully saturated rings. The molecule has 29 heavy (non-hydrogen) atoms. The van der Waals surface area contributed by atoms with Gasteiger partial charge in [0.15, 0.2) is 14.7 Å². The fraction of sp³-hybridized carbons (Fsp3) is 0.143. The Kier molecular flexibility index (Phi) is 6.47. The molecule has 0 aromatic heterocycles. The Morgan fingerprint density at radius 2 is 0.897 bits per heavy atom. The van der Waals surface area contributed by atoms with Gasteiger partial charge in [-0.25, -0.2) is 0 Å². The summed E-state index contributed by atoms with van der Waals surface area (Å²) in [5, 5.41) is 0. The van der Waals surface area contributed by atoms with E-state index in [1.54, 1.807) is 0 Å². The summed E-state index contributed by atoms with van der Waals surface area (Å²) in [5.74, 6) is 0. The molecule has 3 aromatic rings. The van der Waals surface area contributed by atoms with Gasteiger partial charge in [0.05, 0.1) is 10.9 Å². The van der Waals surface area contributed by atoms with Crippen molar-refractivity contribution in [2.45, 2.75) is 35.5 Å². The first-order chi connectivity index (χ1) is 13.1. The molecule has 0 heterocycles. The molecule has 3 rings (SSSR count). The van der Waals surface area contributed by atoms with Gasteiger partial charge in [-0.15, -0.1) is 0 Å². The van der Waals surface area contributed by atoms with Crippen molar-refractivity contribution in [2.75, 3.05) is 0 Å². The van der Waals surface area contributed by atoms with Crippen LogP contribution in [0.4, 0.5) is 16.9 Å². The van der Waals surface area contributed by atoms with E-state index in [-0.39, 0.29) is 10.9 Å². The first-order valence-corrected chi connectivity index (χ1v) is 15.6. The Balaban J connectivity index is 0.000000370. The van der Waals surface area contributed by atoms with Crippen LogP contribution >= 0.6 is 0 Å². The van der Waals surface area contributed by atoms with Crippen LogP contribution in [0.3, 0.4) is 0 Å². The maximum absolute atomic E-state index is 11.2. The molecule has 0 radical (unpaired) electrons. The summed E-state index contributed by atoms with van der Waals surface area (Å²) in [6.45, 7) is 6.65. The van der Waals surface area contributed by atoms with E-state index >= 15 is 0 Å². The van der Waals surface area contributed by atoms with E-state index in [0.717, 1.165) is 0 Å². The molecular weight excluding hydrogens is 520 g/mol. The summed E-state index contributed by atoms with van der Waals surface area (Å²) in [5.41, 5.74) is 4.10. The molecule has 8 heteroatoms. The van der Waals surface area contributed by atoms with Crippen LogP contribution in [-0.2, 0) is 10.9 Å². The van der Waals surface area contributed by atoms with Crippen LogP contribution < -0.4 is 0 Å². The predicted molar refractivity (Wildman–Crippen MR) is 108 cm³/mol. The predicted octanol–water partition coefficient (Wildman–Crippen LogP) is 7.85. The van der Waals surface area contributed by atoms with Crippen LogP contribution in [0.15, 0.2) is 87.5 Å². The zero-order valence-corrected chi connectivity index (χ0v) is 19.4. The Hall–Kier alpha value is -1.59. The molecule has 0 amide bonds. The van der Waals surface area contributed by atoms with E-state index in [1.807, 2.05) is 0 Å². The molecule has 0 spiro atoms. The minimum absolute atomic E-state index is 0.0460. The van der Waals surface area contributed by atoms with Crippen LogP contribution in [0, 0.1) is 20.8 Å². The Morgan fingerprint density at radius 3 is 1.21 bits per heavy atom. The summed E-state index contributed by atoms with van der Waals surface area (Å²) in [4.78, 5) is 4.22. The summed E-state index contributed by atoms with van der Waals surface area (Å²) in [6.07, 6.45) is 0. The van der Waals surface area contributed by atoms with Crippen molar-refractivity contribution in [1.29, 1.82) is 0 Å². The molecule has 0 bridgehead atoms. The Bertz CT molecular complexity index is 897. The molecule has 0 saturated heterocycles. The number of halogens is 6. The second kappa shape index (κ2) is 7.92. The van der Waals surface area contributed by atoms with Gasteiger partial charge >= 0.3 is 36.4 Å². The monoisotopic (exact) mass is 540 g/mol. The SMILES string of the molecule is Cc1cc(C)c([S+](c2ccccc2)c2ccccc2)c(C)c1.[F][Sb-]([F])([F])([F])([F])[F]. The fourth-order valence-electron chi connectivity index (χ4n) is 2.97. The average Bonchev–Trinajstić information content (AvgIpc) is 2.57. The van der Waals surface area contributed by atoms with Crippen LogP contribution in [0.25, 0.3) is 0 Å². The van der Waals surface area contributed by atoms with E-state index in [1.165, 1.54) is 31.4 Å². The third kappa shape index (κ3) is 8.75. The number of aryl methyl sites for hydroxylation is 3. The van der Waals surface area contributed by atoms with Gasteiger partial charge < -0.3 is 0 Å².